The number of ether oxygens (including phenoxy) is 3. The maximum Gasteiger partial charge on any atom is 0.333 e. The van der Waals surface area contributed by atoms with Gasteiger partial charge in [-0.2, -0.15) is 8.42 Å². The van der Waals surface area contributed by atoms with Crippen LogP contribution >= 0.6 is 0 Å². The molecule has 0 atom stereocenters. The van der Waals surface area contributed by atoms with Crippen molar-refractivity contribution in [3.05, 3.63) is 24.3 Å². The Morgan fingerprint density at radius 3 is 1.79 bits per heavy atom. The lowest BCUT2D eigenvalue weighted by molar-refractivity contribution is -0.171. The Balaban J connectivity index is 5.23. The zero-order chi connectivity index (χ0) is 22.7. The first-order valence-corrected chi connectivity index (χ1v) is 10.7. The molecule has 9 nitrogen and oxygen atoms in total. The van der Waals surface area contributed by atoms with Gasteiger partial charge < -0.3 is 14.2 Å². The lowest BCUT2D eigenvalue weighted by Crippen LogP contribution is -2.43. The molecule has 0 aliphatic carbocycles. The number of carbonyl (C=O) groups is 3. The lowest BCUT2D eigenvalue weighted by Gasteiger charge is -2.30. The van der Waals surface area contributed by atoms with E-state index >= 15 is 0 Å². The Kier molecular flexibility index (Phi) is 11.4. The van der Waals surface area contributed by atoms with Crippen LogP contribution in [0.5, 0.6) is 0 Å². The molecule has 0 heterocycles. The summed E-state index contributed by atoms with van der Waals surface area (Å²) in [6, 6.07) is 0. The minimum Gasteiger partial charge on any atom is -0.465 e. The molecule has 0 rings (SSSR count). The van der Waals surface area contributed by atoms with Gasteiger partial charge in [0.1, 0.15) is 18.6 Å². The third-order valence-corrected chi connectivity index (χ3v) is 4.65. The Bertz CT molecular complexity index is 692. The molecule has 0 bridgehead atoms. The zero-order valence-electron chi connectivity index (χ0n) is 17.2. The second kappa shape index (κ2) is 12.4. The van der Waals surface area contributed by atoms with Gasteiger partial charge in [0.05, 0.1) is 12.4 Å². The van der Waals surface area contributed by atoms with Crippen molar-refractivity contribution in [3.8, 4) is 0 Å². The van der Waals surface area contributed by atoms with Crippen LogP contribution in [0.25, 0.3) is 0 Å². The van der Waals surface area contributed by atoms with Crippen LogP contribution in [0.4, 0.5) is 0 Å². The molecule has 166 valence electrons. The summed E-state index contributed by atoms with van der Waals surface area (Å²) in [5, 5.41) is 0. The van der Waals surface area contributed by atoms with Crippen molar-refractivity contribution in [1.82, 2.24) is 0 Å². The highest BCUT2D eigenvalue weighted by molar-refractivity contribution is 7.85. The van der Waals surface area contributed by atoms with Crippen LogP contribution in [0.1, 0.15) is 46.5 Å². The van der Waals surface area contributed by atoms with Crippen LogP contribution in [-0.2, 0) is 38.7 Å². The summed E-state index contributed by atoms with van der Waals surface area (Å²) in [4.78, 5) is 36.3. The molecular weight excluding hydrogens is 404 g/mol. The van der Waals surface area contributed by atoms with Crippen molar-refractivity contribution in [2.45, 2.75) is 46.5 Å². The second-order valence-electron chi connectivity index (χ2n) is 6.87. The minimum absolute atomic E-state index is 0.0994. The predicted molar refractivity (Wildman–Crippen MR) is 105 cm³/mol. The maximum absolute atomic E-state index is 12.8. The summed E-state index contributed by atoms with van der Waals surface area (Å²) < 4.78 is 45.6. The van der Waals surface area contributed by atoms with Gasteiger partial charge in [-0.15, -0.1) is 0 Å². The smallest absolute Gasteiger partial charge is 0.333 e. The molecule has 0 radical (unpaired) electrons. The SMILES string of the molecule is C=C(C)C(=O)OCC(CCC)(COC(=O)C(=C)C)C(=O)OCCCCS(=O)(=O)O. The van der Waals surface area contributed by atoms with Crippen molar-refractivity contribution >= 4 is 28.0 Å². The number of hydrogen-bond acceptors (Lipinski definition) is 8. The van der Waals surface area contributed by atoms with Crippen molar-refractivity contribution < 1.29 is 41.6 Å². The van der Waals surface area contributed by atoms with E-state index in [4.69, 9.17) is 18.8 Å². The first kappa shape index (κ1) is 26.8. The average Bonchev–Trinajstić information content (AvgIpc) is 2.61. The lowest BCUT2D eigenvalue weighted by atomic mass is 9.85. The first-order valence-electron chi connectivity index (χ1n) is 9.12. The molecule has 0 aromatic heterocycles. The minimum atomic E-state index is -4.09. The largest absolute Gasteiger partial charge is 0.465 e. The molecule has 0 aliphatic heterocycles. The molecule has 0 unspecified atom stereocenters. The number of carbonyl (C=O) groups excluding carboxylic acids is 3. The number of hydrogen-bond donors (Lipinski definition) is 1. The Morgan fingerprint density at radius 2 is 1.41 bits per heavy atom. The van der Waals surface area contributed by atoms with E-state index in [0.717, 1.165) is 0 Å². The van der Waals surface area contributed by atoms with E-state index in [9.17, 15) is 22.8 Å². The van der Waals surface area contributed by atoms with E-state index in [1.54, 1.807) is 6.92 Å². The van der Waals surface area contributed by atoms with Crippen LogP contribution in [0.3, 0.4) is 0 Å². The van der Waals surface area contributed by atoms with Gasteiger partial charge in [-0.25, -0.2) is 9.59 Å². The van der Waals surface area contributed by atoms with Crippen LogP contribution in [-0.4, -0.2) is 56.5 Å². The zero-order valence-corrected chi connectivity index (χ0v) is 18.0. The molecular formula is C19H30O9S. The van der Waals surface area contributed by atoms with Crippen LogP contribution < -0.4 is 0 Å². The fraction of sp³-hybridized carbons (Fsp3) is 0.632. The molecule has 0 fully saturated rings. The quantitative estimate of drug-likeness (QED) is 0.144. The normalized spacial score (nSPS) is 11.4. The summed E-state index contributed by atoms with van der Waals surface area (Å²) in [6.07, 6.45) is 1.02. The summed E-state index contributed by atoms with van der Waals surface area (Å²) in [7, 11) is -4.09. The topological polar surface area (TPSA) is 133 Å². The molecule has 0 saturated carbocycles. The molecule has 0 aromatic carbocycles. The number of rotatable bonds is 14. The third kappa shape index (κ3) is 10.8. The van der Waals surface area contributed by atoms with Crippen LogP contribution in [0.15, 0.2) is 24.3 Å². The molecule has 1 N–H and O–H groups in total. The second-order valence-corrected chi connectivity index (χ2v) is 8.44. The Morgan fingerprint density at radius 1 is 0.931 bits per heavy atom. The molecule has 29 heavy (non-hydrogen) atoms. The van der Waals surface area contributed by atoms with Crippen LogP contribution in [0.2, 0.25) is 0 Å². The van der Waals surface area contributed by atoms with E-state index in [0.29, 0.717) is 6.42 Å². The van der Waals surface area contributed by atoms with Gasteiger partial charge in [-0.05, 0) is 33.1 Å². The third-order valence-electron chi connectivity index (χ3n) is 3.85. The molecule has 0 saturated heterocycles. The Hall–Kier alpha value is -2.20. The van der Waals surface area contributed by atoms with E-state index in [1.165, 1.54) is 13.8 Å². The van der Waals surface area contributed by atoms with Gasteiger partial charge in [-0.3, -0.25) is 9.35 Å². The van der Waals surface area contributed by atoms with Gasteiger partial charge in [0.15, 0.2) is 0 Å². The van der Waals surface area contributed by atoms with Gasteiger partial charge in [0.25, 0.3) is 10.1 Å². The van der Waals surface area contributed by atoms with Gasteiger partial charge in [-0.1, -0.05) is 26.5 Å². The van der Waals surface area contributed by atoms with Gasteiger partial charge in [0, 0.05) is 11.1 Å². The van der Waals surface area contributed by atoms with Crippen molar-refractivity contribution in [2.24, 2.45) is 5.41 Å². The van der Waals surface area contributed by atoms with E-state index in [2.05, 4.69) is 13.2 Å². The highest BCUT2D eigenvalue weighted by Gasteiger charge is 2.42. The van der Waals surface area contributed by atoms with E-state index < -0.39 is 39.2 Å². The monoisotopic (exact) mass is 434 g/mol. The van der Waals surface area contributed by atoms with Crippen molar-refractivity contribution in [3.63, 3.8) is 0 Å². The molecule has 0 amide bonds. The van der Waals surface area contributed by atoms with E-state index in [-0.39, 0.29) is 50.2 Å². The summed E-state index contributed by atoms with van der Waals surface area (Å²) >= 11 is 0. The molecule has 0 aromatic rings. The van der Waals surface area contributed by atoms with E-state index in [1.807, 2.05) is 0 Å². The predicted octanol–water partition coefficient (Wildman–Crippen LogP) is 2.22. The first-order chi connectivity index (χ1) is 13.3. The maximum atomic E-state index is 12.8. The summed E-state index contributed by atoms with van der Waals surface area (Å²) in [5.74, 6) is -2.58. The average molecular weight is 435 g/mol. The fourth-order valence-corrected chi connectivity index (χ4v) is 2.81. The molecule has 0 aliphatic rings. The standard InChI is InChI=1S/C19H30O9S/c1-6-9-19(12-27-16(20)14(2)3,13-28-17(21)15(4)5)18(22)26-10-7-8-11-29(23,24)25/h2,4,6-13H2,1,3,5H3,(H,23,24,25). The van der Waals surface area contributed by atoms with Gasteiger partial charge in [0.2, 0.25) is 0 Å². The number of esters is 3. The highest BCUT2D eigenvalue weighted by Crippen LogP contribution is 2.28. The van der Waals surface area contributed by atoms with Crippen molar-refractivity contribution in [2.75, 3.05) is 25.6 Å². The highest BCUT2D eigenvalue weighted by atomic mass is 32.2. The molecule has 10 heteroatoms. The Labute approximate surface area is 171 Å². The number of unbranched alkanes of at least 4 members (excludes halogenated alkanes) is 1. The van der Waals surface area contributed by atoms with Gasteiger partial charge >= 0.3 is 17.9 Å². The van der Waals surface area contributed by atoms with Crippen molar-refractivity contribution in [1.29, 1.82) is 0 Å². The summed E-state index contributed by atoms with van der Waals surface area (Å²) in [6.45, 7) is 10.8. The fourth-order valence-electron chi connectivity index (χ4n) is 2.24. The summed E-state index contributed by atoms with van der Waals surface area (Å²) in [5.41, 5.74) is -1.13. The molecule has 0 spiro atoms. The van der Waals surface area contributed by atoms with Crippen LogP contribution in [0, 0.1) is 5.41 Å².